The lowest BCUT2D eigenvalue weighted by Gasteiger charge is -2.19. The summed E-state index contributed by atoms with van der Waals surface area (Å²) in [6.45, 7) is 0. The molecular formula is C14H18O3. The standard InChI is InChI=1S/C14H18O3/c15-14(16)11-8-12(9-4-2-1-3-5-9)17-13(11)10-6-7-10/h8-10H,1-7H2,(H,15,16). The number of aromatic carboxylic acids is 1. The summed E-state index contributed by atoms with van der Waals surface area (Å²) in [5.41, 5.74) is 0.410. The van der Waals surface area contributed by atoms with Crippen molar-refractivity contribution >= 4 is 5.97 Å². The van der Waals surface area contributed by atoms with E-state index in [4.69, 9.17) is 4.42 Å². The Bertz CT molecular complexity index is 423. The zero-order valence-corrected chi connectivity index (χ0v) is 9.95. The number of rotatable bonds is 3. The maximum absolute atomic E-state index is 11.2. The smallest absolute Gasteiger partial charge is 0.339 e. The minimum atomic E-state index is -0.835. The number of carboxylic acids is 1. The Hall–Kier alpha value is -1.25. The second-order valence-corrected chi connectivity index (χ2v) is 5.34. The molecule has 1 aromatic rings. The van der Waals surface area contributed by atoms with Crippen molar-refractivity contribution in [2.24, 2.45) is 0 Å². The molecule has 0 aromatic carbocycles. The van der Waals surface area contributed by atoms with E-state index in [2.05, 4.69) is 0 Å². The molecule has 2 aliphatic rings. The van der Waals surface area contributed by atoms with Gasteiger partial charge < -0.3 is 9.52 Å². The minimum absolute atomic E-state index is 0.374. The SMILES string of the molecule is O=C(O)c1cc(C2CCCCC2)oc1C1CC1. The highest BCUT2D eigenvalue weighted by Crippen LogP contribution is 2.45. The fraction of sp³-hybridized carbons (Fsp3) is 0.643. The van der Waals surface area contributed by atoms with Gasteiger partial charge in [0.1, 0.15) is 17.1 Å². The van der Waals surface area contributed by atoms with Crippen molar-refractivity contribution in [2.75, 3.05) is 0 Å². The largest absolute Gasteiger partial charge is 0.478 e. The van der Waals surface area contributed by atoms with Crippen molar-refractivity contribution in [1.82, 2.24) is 0 Å². The molecule has 2 aliphatic carbocycles. The van der Waals surface area contributed by atoms with Crippen LogP contribution in [0.1, 0.15) is 78.7 Å². The van der Waals surface area contributed by atoms with Gasteiger partial charge in [-0.15, -0.1) is 0 Å². The second kappa shape index (κ2) is 4.21. The summed E-state index contributed by atoms with van der Waals surface area (Å²) < 4.78 is 5.86. The third kappa shape index (κ3) is 2.11. The van der Waals surface area contributed by atoms with Crippen molar-refractivity contribution in [3.63, 3.8) is 0 Å². The molecule has 0 atom stereocenters. The van der Waals surface area contributed by atoms with Gasteiger partial charge in [-0.3, -0.25) is 0 Å². The van der Waals surface area contributed by atoms with E-state index in [0.717, 1.165) is 37.2 Å². The van der Waals surface area contributed by atoms with E-state index in [0.29, 0.717) is 17.4 Å². The third-order valence-corrected chi connectivity index (χ3v) is 3.97. The quantitative estimate of drug-likeness (QED) is 0.862. The molecular weight excluding hydrogens is 216 g/mol. The van der Waals surface area contributed by atoms with Crippen LogP contribution >= 0.6 is 0 Å². The van der Waals surface area contributed by atoms with E-state index >= 15 is 0 Å². The van der Waals surface area contributed by atoms with Crippen LogP contribution in [0.2, 0.25) is 0 Å². The van der Waals surface area contributed by atoms with Crippen molar-refractivity contribution in [2.45, 2.75) is 56.8 Å². The average molecular weight is 234 g/mol. The van der Waals surface area contributed by atoms with Crippen LogP contribution in [0.3, 0.4) is 0 Å². The number of carboxylic acid groups (broad SMARTS) is 1. The average Bonchev–Trinajstić information content (AvgIpc) is 3.09. The van der Waals surface area contributed by atoms with Gasteiger partial charge in [-0.1, -0.05) is 19.3 Å². The molecule has 0 radical (unpaired) electrons. The molecule has 3 nitrogen and oxygen atoms in total. The highest BCUT2D eigenvalue weighted by molar-refractivity contribution is 5.89. The van der Waals surface area contributed by atoms with E-state index in [9.17, 15) is 9.90 Å². The van der Waals surface area contributed by atoms with Gasteiger partial charge in [-0.25, -0.2) is 4.79 Å². The molecule has 2 fully saturated rings. The van der Waals surface area contributed by atoms with Crippen LogP contribution in [-0.2, 0) is 0 Å². The summed E-state index contributed by atoms with van der Waals surface area (Å²) in [5.74, 6) is 1.65. The molecule has 1 aromatic heterocycles. The van der Waals surface area contributed by atoms with Crippen molar-refractivity contribution < 1.29 is 14.3 Å². The van der Waals surface area contributed by atoms with Crippen molar-refractivity contribution in [3.8, 4) is 0 Å². The van der Waals surface area contributed by atoms with Crippen molar-refractivity contribution in [3.05, 3.63) is 23.2 Å². The van der Waals surface area contributed by atoms with Crippen LogP contribution in [-0.4, -0.2) is 11.1 Å². The molecule has 92 valence electrons. The molecule has 0 bridgehead atoms. The Morgan fingerprint density at radius 3 is 2.41 bits per heavy atom. The summed E-state index contributed by atoms with van der Waals surface area (Å²) in [6.07, 6.45) is 8.25. The van der Waals surface area contributed by atoms with Crippen molar-refractivity contribution in [1.29, 1.82) is 0 Å². The zero-order chi connectivity index (χ0) is 11.8. The molecule has 3 rings (SSSR count). The number of furan rings is 1. The molecule has 0 saturated heterocycles. The number of hydrogen-bond donors (Lipinski definition) is 1. The first kappa shape index (κ1) is 10.9. The van der Waals surface area contributed by atoms with Gasteiger partial charge in [0, 0.05) is 11.8 Å². The molecule has 0 spiro atoms. The van der Waals surface area contributed by atoms with E-state index in [1.807, 2.05) is 0 Å². The lowest BCUT2D eigenvalue weighted by Crippen LogP contribution is -2.03. The number of hydrogen-bond acceptors (Lipinski definition) is 2. The summed E-state index contributed by atoms with van der Waals surface area (Å²) in [4.78, 5) is 11.2. The molecule has 17 heavy (non-hydrogen) atoms. The van der Waals surface area contributed by atoms with E-state index < -0.39 is 5.97 Å². The topological polar surface area (TPSA) is 50.4 Å². The first-order chi connectivity index (χ1) is 8.25. The highest BCUT2D eigenvalue weighted by atomic mass is 16.4. The van der Waals surface area contributed by atoms with Gasteiger partial charge in [0.15, 0.2) is 0 Å². The first-order valence-electron chi connectivity index (χ1n) is 6.62. The number of carbonyl (C=O) groups is 1. The highest BCUT2D eigenvalue weighted by Gasteiger charge is 2.33. The summed E-state index contributed by atoms with van der Waals surface area (Å²) >= 11 is 0. The molecule has 2 saturated carbocycles. The fourth-order valence-electron chi connectivity index (χ4n) is 2.83. The van der Waals surface area contributed by atoms with Gasteiger partial charge >= 0.3 is 5.97 Å². The Labute approximate surface area is 101 Å². The Kier molecular flexibility index (Phi) is 2.69. The maximum atomic E-state index is 11.2. The van der Waals surface area contributed by atoms with Gasteiger partial charge in [0.25, 0.3) is 0 Å². The fourth-order valence-corrected chi connectivity index (χ4v) is 2.83. The van der Waals surface area contributed by atoms with Gasteiger partial charge in [-0.2, -0.15) is 0 Å². The zero-order valence-electron chi connectivity index (χ0n) is 9.95. The van der Waals surface area contributed by atoms with E-state index in [-0.39, 0.29) is 0 Å². The van der Waals surface area contributed by atoms with E-state index in [1.165, 1.54) is 19.3 Å². The summed E-state index contributed by atoms with van der Waals surface area (Å²) in [5, 5.41) is 9.19. The first-order valence-corrected chi connectivity index (χ1v) is 6.62. The van der Waals surface area contributed by atoms with Gasteiger partial charge in [-0.05, 0) is 31.7 Å². The Morgan fingerprint density at radius 2 is 1.82 bits per heavy atom. The van der Waals surface area contributed by atoms with Crippen LogP contribution in [0, 0.1) is 0 Å². The Balaban J connectivity index is 1.89. The molecule has 0 aliphatic heterocycles. The van der Waals surface area contributed by atoms with Gasteiger partial charge in [0.2, 0.25) is 0 Å². The van der Waals surface area contributed by atoms with Gasteiger partial charge in [0.05, 0.1) is 0 Å². The predicted molar refractivity (Wildman–Crippen MR) is 63.5 cm³/mol. The Morgan fingerprint density at radius 1 is 1.12 bits per heavy atom. The second-order valence-electron chi connectivity index (χ2n) is 5.34. The normalized spacial score (nSPS) is 21.6. The predicted octanol–water partition coefficient (Wildman–Crippen LogP) is 3.90. The van der Waals surface area contributed by atoms with Crippen LogP contribution in [0.4, 0.5) is 0 Å². The molecule has 0 unspecified atom stereocenters. The van der Waals surface area contributed by atoms with Crippen LogP contribution in [0.5, 0.6) is 0 Å². The summed E-state index contributed by atoms with van der Waals surface area (Å²) in [7, 11) is 0. The minimum Gasteiger partial charge on any atom is -0.478 e. The monoisotopic (exact) mass is 234 g/mol. The molecule has 1 heterocycles. The molecule has 1 N–H and O–H groups in total. The van der Waals surface area contributed by atoms with E-state index in [1.54, 1.807) is 6.07 Å². The third-order valence-electron chi connectivity index (χ3n) is 3.97. The maximum Gasteiger partial charge on any atom is 0.339 e. The van der Waals surface area contributed by atoms with Crippen LogP contribution in [0.25, 0.3) is 0 Å². The summed E-state index contributed by atoms with van der Waals surface area (Å²) in [6, 6.07) is 1.78. The van der Waals surface area contributed by atoms with Crippen LogP contribution in [0.15, 0.2) is 10.5 Å². The lowest BCUT2D eigenvalue weighted by atomic mass is 9.87. The van der Waals surface area contributed by atoms with Crippen LogP contribution < -0.4 is 0 Å². The molecule has 0 amide bonds. The lowest BCUT2D eigenvalue weighted by molar-refractivity contribution is 0.0694. The molecule has 3 heteroatoms.